The summed E-state index contributed by atoms with van der Waals surface area (Å²) in [6.07, 6.45) is 0. The Bertz CT molecular complexity index is 32.7. The number of hydrogen-bond acceptors (Lipinski definition) is 3. The molecule has 0 heterocycles. The van der Waals surface area contributed by atoms with Crippen LogP contribution < -0.4 is 0 Å². The molecule has 0 saturated heterocycles. The standard InChI is InChI=1S/H2O3S.O.2Zn/c1-4(2)3;;;/h(H2,1,2,3);;;/q;-2;2*+2/p-2. The van der Waals surface area contributed by atoms with Crippen molar-refractivity contribution in [1.82, 2.24) is 0 Å². The Morgan fingerprint density at radius 3 is 1.14 bits per heavy atom. The molecular formula is O4SZn2. The van der Waals surface area contributed by atoms with Crippen LogP contribution in [0.4, 0.5) is 0 Å². The molecule has 0 unspecified atom stereocenters. The molecule has 4 nitrogen and oxygen atoms in total. The van der Waals surface area contributed by atoms with Gasteiger partial charge in [-0.1, -0.05) is 0 Å². The largest absolute Gasteiger partial charge is 2.00 e. The van der Waals surface area contributed by atoms with E-state index in [2.05, 4.69) is 0 Å². The second-order valence-electron chi connectivity index (χ2n) is 0.204. The van der Waals surface area contributed by atoms with Gasteiger partial charge >= 0.3 is 39.0 Å². The first kappa shape index (κ1) is 24.0. The molecule has 0 amide bonds. The van der Waals surface area contributed by atoms with Crippen molar-refractivity contribution in [3.63, 3.8) is 0 Å². The average Bonchev–Trinajstić information content (AvgIpc) is 0.811. The van der Waals surface area contributed by atoms with Crippen molar-refractivity contribution >= 4 is 11.4 Å². The SMILES string of the molecule is O=S([O-])[O-].[O-2].[Zn+2].[Zn+2]. The predicted molar refractivity (Wildman–Crippen MR) is 10.4 cm³/mol. The molecule has 0 aromatic heterocycles. The van der Waals surface area contributed by atoms with Crippen molar-refractivity contribution in [3.05, 3.63) is 0 Å². The summed E-state index contributed by atoms with van der Waals surface area (Å²) in [6, 6.07) is 0. The van der Waals surface area contributed by atoms with Crippen LogP contribution in [0.15, 0.2) is 0 Å². The van der Waals surface area contributed by atoms with Gasteiger partial charge in [-0.3, -0.25) is 4.21 Å². The second-order valence-corrected chi connectivity index (χ2v) is 0.612. The molecule has 0 aromatic rings. The van der Waals surface area contributed by atoms with Crippen LogP contribution in [-0.2, 0) is 55.8 Å². The van der Waals surface area contributed by atoms with Crippen molar-refractivity contribution < 1.29 is 57.7 Å². The second kappa shape index (κ2) is 15.7. The number of rotatable bonds is 0. The van der Waals surface area contributed by atoms with Crippen LogP contribution >= 0.6 is 0 Å². The van der Waals surface area contributed by atoms with Crippen molar-refractivity contribution in [2.24, 2.45) is 0 Å². The molecule has 0 fully saturated rings. The smallest absolute Gasteiger partial charge is 2.00 e. The maximum Gasteiger partial charge on any atom is 2.00 e. The quantitative estimate of drug-likeness (QED) is 0.387. The van der Waals surface area contributed by atoms with Gasteiger partial charge in [0.25, 0.3) is 0 Å². The van der Waals surface area contributed by atoms with E-state index in [1.807, 2.05) is 0 Å². The van der Waals surface area contributed by atoms with E-state index in [1.54, 1.807) is 0 Å². The normalized spacial score (nSPS) is 5.00. The topological polar surface area (TPSA) is 91.7 Å². The Hall–Kier alpha value is 1.28. The minimum atomic E-state index is -3.11. The van der Waals surface area contributed by atoms with E-state index in [9.17, 15) is 0 Å². The van der Waals surface area contributed by atoms with Crippen LogP contribution in [0.5, 0.6) is 0 Å². The molecule has 0 atom stereocenters. The Kier molecular flexibility index (Phi) is 53.7. The molecule has 0 radical (unpaired) electrons. The summed E-state index contributed by atoms with van der Waals surface area (Å²) >= 11 is -3.11. The summed E-state index contributed by atoms with van der Waals surface area (Å²) in [6.45, 7) is 0. The zero-order valence-corrected chi connectivity index (χ0v) is 10.2. The summed E-state index contributed by atoms with van der Waals surface area (Å²) in [7, 11) is 0. The van der Waals surface area contributed by atoms with Gasteiger partial charge in [0.2, 0.25) is 0 Å². The molecule has 0 aliphatic carbocycles. The van der Waals surface area contributed by atoms with E-state index in [4.69, 9.17) is 13.3 Å². The summed E-state index contributed by atoms with van der Waals surface area (Å²) in [5, 5.41) is 0. The van der Waals surface area contributed by atoms with Crippen molar-refractivity contribution in [2.75, 3.05) is 0 Å². The summed E-state index contributed by atoms with van der Waals surface area (Å²) in [5.74, 6) is 0. The molecule has 0 aromatic carbocycles. The molecule has 7 heavy (non-hydrogen) atoms. The third-order valence-corrected chi connectivity index (χ3v) is 0. The molecule has 34 valence electrons. The van der Waals surface area contributed by atoms with E-state index in [0.29, 0.717) is 0 Å². The fraction of sp³-hybridized carbons (Fsp3) is 0. The molecule has 0 N–H and O–H groups in total. The van der Waals surface area contributed by atoms with Crippen molar-refractivity contribution in [1.29, 1.82) is 0 Å². The first-order valence-electron chi connectivity index (χ1n) is 0.500. The van der Waals surface area contributed by atoms with Gasteiger partial charge in [-0.2, -0.15) is 0 Å². The molecule has 0 aliphatic rings. The molecular weight excluding hydrogens is 227 g/mol. The van der Waals surface area contributed by atoms with Gasteiger partial charge in [-0.25, -0.2) is 0 Å². The molecule has 0 bridgehead atoms. The maximum absolute atomic E-state index is 8.44. The third kappa shape index (κ3) is 124. The zero-order valence-electron chi connectivity index (χ0n) is 3.46. The van der Waals surface area contributed by atoms with Gasteiger partial charge in [0.05, 0.1) is 0 Å². The van der Waals surface area contributed by atoms with Gasteiger partial charge in [-0.15, -0.1) is 11.4 Å². The first-order chi connectivity index (χ1) is 1.73. The van der Waals surface area contributed by atoms with Gasteiger partial charge in [0.15, 0.2) is 0 Å². The van der Waals surface area contributed by atoms with E-state index >= 15 is 0 Å². The minimum absolute atomic E-state index is 0. The third-order valence-electron chi connectivity index (χ3n) is 0. The summed E-state index contributed by atoms with van der Waals surface area (Å²) in [5.41, 5.74) is 0. The van der Waals surface area contributed by atoms with E-state index < -0.39 is 11.4 Å². The number of hydrogen-bond donors (Lipinski definition) is 0. The van der Waals surface area contributed by atoms with Crippen molar-refractivity contribution in [3.8, 4) is 0 Å². The maximum atomic E-state index is 8.44. The zero-order chi connectivity index (χ0) is 3.58. The van der Waals surface area contributed by atoms with Gasteiger partial charge in [-0.05, 0) is 0 Å². The molecule has 0 rings (SSSR count). The van der Waals surface area contributed by atoms with Crippen LogP contribution in [0, 0.1) is 0 Å². The van der Waals surface area contributed by atoms with Gasteiger partial charge in [0.1, 0.15) is 0 Å². The first-order valence-corrected chi connectivity index (χ1v) is 1.50. The van der Waals surface area contributed by atoms with Crippen LogP contribution in [0.2, 0.25) is 0 Å². The Morgan fingerprint density at radius 2 is 1.14 bits per heavy atom. The molecule has 0 saturated carbocycles. The summed E-state index contributed by atoms with van der Waals surface area (Å²) < 4.78 is 25.3. The summed E-state index contributed by atoms with van der Waals surface area (Å²) in [4.78, 5) is 0. The molecule has 7 heteroatoms. The Labute approximate surface area is 69.0 Å². The average molecular weight is 227 g/mol. The fourth-order valence-corrected chi connectivity index (χ4v) is 0. The van der Waals surface area contributed by atoms with Crippen LogP contribution in [-0.4, -0.2) is 13.3 Å². The Morgan fingerprint density at radius 1 is 1.14 bits per heavy atom. The van der Waals surface area contributed by atoms with Crippen LogP contribution in [0.25, 0.3) is 0 Å². The Balaban J connectivity index is -0.0000000150. The van der Waals surface area contributed by atoms with E-state index in [-0.39, 0.29) is 44.4 Å². The van der Waals surface area contributed by atoms with E-state index in [1.165, 1.54) is 0 Å². The predicted octanol–water partition coefficient (Wildman–Crippen LogP) is -1.13. The van der Waals surface area contributed by atoms with E-state index in [0.717, 1.165) is 0 Å². The van der Waals surface area contributed by atoms with Crippen LogP contribution in [0.3, 0.4) is 0 Å². The van der Waals surface area contributed by atoms with Gasteiger partial charge < -0.3 is 14.6 Å². The molecule has 0 aliphatic heterocycles. The minimum Gasteiger partial charge on any atom is -2.00 e. The van der Waals surface area contributed by atoms with Gasteiger partial charge in [0, 0.05) is 0 Å². The molecule has 0 spiro atoms. The van der Waals surface area contributed by atoms with Crippen molar-refractivity contribution in [2.45, 2.75) is 0 Å². The van der Waals surface area contributed by atoms with Crippen LogP contribution in [0.1, 0.15) is 0 Å². The fourth-order valence-electron chi connectivity index (χ4n) is 0. The monoisotopic (exact) mass is 224 g/mol.